The van der Waals surface area contributed by atoms with Gasteiger partial charge in [-0.3, -0.25) is 4.79 Å². The second-order valence-electron chi connectivity index (χ2n) is 7.24. The lowest BCUT2D eigenvalue weighted by Crippen LogP contribution is -2.15. The van der Waals surface area contributed by atoms with E-state index in [0.717, 1.165) is 23.0 Å². The number of rotatable bonds is 4. The molecule has 0 unspecified atom stereocenters. The highest BCUT2D eigenvalue weighted by atomic mass is 16.3. The van der Waals surface area contributed by atoms with Crippen LogP contribution in [0.15, 0.2) is 46.9 Å². The molecular weight excluding hydrogens is 296 g/mol. The average molecular weight is 320 g/mol. The van der Waals surface area contributed by atoms with Crippen molar-refractivity contribution in [1.29, 1.82) is 0 Å². The number of benzene rings is 2. The molecule has 3 rings (SSSR count). The molecule has 2 heteroatoms. The third-order valence-corrected chi connectivity index (χ3v) is 4.94. The Morgan fingerprint density at radius 1 is 1.04 bits per heavy atom. The Balaban J connectivity index is 2.11. The van der Waals surface area contributed by atoms with Gasteiger partial charge in [0.15, 0.2) is 11.5 Å². The second-order valence-corrected chi connectivity index (χ2v) is 7.24. The number of hydrogen-bond acceptors (Lipinski definition) is 2. The molecule has 0 fully saturated rings. The number of carbonyl (C=O) groups excluding carboxylic acids is 1. The van der Waals surface area contributed by atoms with Crippen molar-refractivity contribution >= 4 is 16.8 Å². The van der Waals surface area contributed by atoms with Gasteiger partial charge in [0.2, 0.25) is 0 Å². The van der Waals surface area contributed by atoms with E-state index in [2.05, 4.69) is 58.0 Å². The Hall–Kier alpha value is -2.35. The number of fused-ring (bicyclic) bond motifs is 1. The van der Waals surface area contributed by atoms with Gasteiger partial charge in [0, 0.05) is 12.3 Å². The van der Waals surface area contributed by atoms with E-state index >= 15 is 0 Å². The van der Waals surface area contributed by atoms with Gasteiger partial charge in [-0.15, -0.1) is 0 Å². The van der Waals surface area contributed by atoms with Crippen LogP contribution in [0.5, 0.6) is 0 Å². The standard InChI is InChI=1S/C22H24O2/c1-6-22(4,5)19-10-14(2)9-17(12-19)16-7-8-20-18(11-16)13-21(24-20)15(3)23/h7-13H,6H2,1-5H3. The van der Waals surface area contributed by atoms with Gasteiger partial charge in [-0.25, -0.2) is 0 Å². The smallest absolute Gasteiger partial charge is 0.194 e. The third-order valence-electron chi connectivity index (χ3n) is 4.94. The van der Waals surface area contributed by atoms with E-state index in [-0.39, 0.29) is 11.2 Å². The van der Waals surface area contributed by atoms with Gasteiger partial charge in [0.1, 0.15) is 5.58 Å². The van der Waals surface area contributed by atoms with Crippen LogP contribution in [0.25, 0.3) is 22.1 Å². The van der Waals surface area contributed by atoms with Crippen LogP contribution in [0.3, 0.4) is 0 Å². The summed E-state index contributed by atoms with van der Waals surface area (Å²) in [5.74, 6) is 0.370. The Morgan fingerprint density at radius 3 is 2.46 bits per heavy atom. The molecule has 24 heavy (non-hydrogen) atoms. The third kappa shape index (κ3) is 3.01. The van der Waals surface area contributed by atoms with Gasteiger partial charge >= 0.3 is 0 Å². The van der Waals surface area contributed by atoms with Crippen molar-refractivity contribution in [1.82, 2.24) is 0 Å². The maximum atomic E-state index is 11.5. The number of carbonyl (C=O) groups is 1. The molecule has 1 aromatic heterocycles. The second kappa shape index (κ2) is 5.94. The highest BCUT2D eigenvalue weighted by Gasteiger charge is 2.19. The van der Waals surface area contributed by atoms with Crippen LogP contribution in [0.2, 0.25) is 0 Å². The maximum absolute atomic E-state index is 11.5. The molecule has 3 aromatic rings. The number of furan rings is 1. The normalized spacial score (nSPS) is 11.9. The van der Waals surface area contributed by atoms with Crippen molar-refractivity contribution < 1.29 is 9.21 Å². The van der Waals surface area contributed by atoms with E-state index in [0.29, 0.717) is 5.76 Å². The summed E-state index contributed by atoms with van der Waals surface area (Å²) in [6.45, 7) is 10.5. The molecule has 0 aliphatic heterocycles. The Kier molecular flexibility index (Phi) is 4.08. The van der Waals surface area contributed by atoms with Crippen molar-refractivity contribution in [2.24, 2.45) is 0 Å². The molecule has 0 saturated carbocycles. The summed E-state index contributed by atoms with van der Waals surface area (Å²) < 4.78 is 5.59. The number of ketones is 1. The van der Waals surface area contributed by atoms with Gasteiger partial charge in [-0.1, -0.05) is 50.6 Å². The minimum atomic E-state index is -0.0460. The highest BCUT2D eigenvalue weighted by molar-refractivity contribution is 5.96. The largest absolute Gasteiger partial charge is 0.453 e. The zero-order valence-electron chi connectivity index (χ0n) is 15.1. The van der Waals surface area contributed by atoms with Crippen LogP contribution in [0.1, 0.15) is 55.8 Å². The van der Waals surface area contributed by atoms with Crippen molar-refractivity contribution in [2.75, 3.05) is 0 Å². The zero-order chi connectivity index (χ0) is 17.5. The monoisotopic (exact) mass is 320 g/mol. The number of hydrogen-bond donors (Lipinski definition) is 0. The van der Waals surface area contributed by atoms with Crippen LogP contribution < -0.4 is 0 Å². The summed E-state index contributed by atoms with van der Waals surface area (Å²) >= 11 is 0. The van der Waals surface area contributed by atoms with E-state index in [1.165, 1.54) is 23.6 Å². The van der Waals surface area contributed by atoms with Crippen LogP contribution in [0.4, 0.5) is 0 Å². The molecule has 0 amide bonds. The first-order valence-electron chi connectivity index (χ1n) is 8.47. The molecule has 0 spiro atoms. The molecular formula is C22H24O2. The number of aryl methyl sites for hydroxylation is 1. The van der Waals surface area contributed by atoms with E-state index < -0.39 is 0 Å². The van der Waals surface area contributed by atoms with Crippen molar-refractivity contribution in [2.45, 2.75) is 46.5 Å². The molecule has 0 atom stereocenters. The van der Waals surface area contributed by atoms with Crippen LogP contribution >= 0.6 is 0 Å². The quantitative estimate of drug-likeness (QED) is 0.528. The Morgan fingerprint density at radius 2 is 1.79 bits per heavy atom. The number of Topliss-reactive ketones (excluding diaryl/α,β-unsaturated/α-hetero) is 1. The summed E-state index contributed by atoms with van der Waals surface area (Å²) in [6.07, 6.45) is 1.10. The van der Waals surface area contributed by atoms with Crippen LogP contribution in [0, 0.1) is 6.92 Å². The summed E-state index contributed by atoms with van der Waals surface area (Å²) in [7, 11) is 0. The molecule has 0 radical (unpaired) electrons. The summed E-state index contributed by atoms with van der Waals surface area (Å²) in [5, 5.41) is 0.968. The van der Waals surface area contributed by atoms with E-state index in [1.54, 1.807) is 0 Å². The SMILES string of the molecule is CCC(C)(C)c1cc(C)cc(-c2ccc3oc(C(C)=O)cc3c2)c1. The fraction of sp³-hybridized carbons (Fsp3) is 0.318. The lowest BCUT2D eigenvalue weighted by molar-refractivity contribution is 0.0989. The fourth-order valence-corrected chi connectivity index (χ4v) is 2.94. The molecule has 0 N–H and O–H groups in total. The van der Waals surface area contributed by atoms with E-state index in [1.807, 2.05) is 12.1 Å². The predicted octanol–water partition coefficient (Wildman–Crippen LogP) is 6.30. The topological polar surface area (TPSA) is 30.2 Å². The van der Waals surface area contributed by atoms with E-state index in [4.69, 9.17) is 4.42 Å². The molecule has 124 valence electrons. The molecule has 0 bridgehead atoms. The lowest BCUT2D eigenvalue weighted by Gasteiger charge is -2.24. The fourth-order valence-electron chi connectivity index (χ4n) is 2.94. The Labute approximate surface area is 143 Å². The highest BCUT2D eigenvalue weighted by Crippen LogP contribution is 2.33. The first-order chi connectivity index (χ1) is 11.3. The van der Waals surface area contributed by atoms with Gasteiger partial charge in [0.25, 0.3) is 0 Å². The molecule has 0 aliphatic rings. The lowest BCUT2D eigenvalue weighted by atomic mass is 9.80. The summed E-state index contributed by atoms with van der Waals surface area (Å²) in [5.41, 5.74) is 5.89. The Bertz CT molecular complexity index is 913. The zero-order valence-corrected chi connectivity index (χ0v) is 15.1. The van der Waals surface area contributed by atoms with Crippen LogP contribution in [-0.2, 0) is 5.41 Å². The maximum Gasteiger partial charge on any atom is 0.194 e. The summed E-state index contributed by atoms with van der Waals surface area (Å²) in [6, 6.07) is 14.7. The molecule has 0 saturated heterocycles. The molecule has 1 heterocycles. The van der Waals surface area contributed by atoms with E-state index in [9.17, 15) is 4.79 Å². The minimum absolute atomic E-state index is 0.0460. The predicted molar refractivity (Wildman–Crippen MR) is 99.7 cm³/mol. The van der Waals surface area contributed by atoms with Gasteiger partial charge < -0.3 is 4.42 Å². The molecule has 2 aromatic carbocycles. The molecule has 2 nitrogen and oxygen atoms in total. The summed E-state index contributed by atoms with van der Waals surface area (Å²) in [4.78, 5) is 11.5. The van der Waals surface area contributed by atoms with Crippen molar-refractivity contribution in [3.63, 3.8) is 0 Å². The minimum Gasteiger partial charge on any atom is -0.453 e. The van der Waals surface area contributed by atoms with Crippen LogP contribution in [-0.4, -0.2) is 5.78 Å². The van der Waals surface area contributed by atoms with Gasteiger partial charge in [-0.05, 0) is 53.6 Å². The van der Waals surface area contributed by atoms with Crippen molar-refractivity contribution in [3.8, 4) is 11.1 Å². The van der Waals surface area contributed by atoms with Gasteiger partial charge in [0.05, 0.1) is 0 Å². The molecule has 0 aliphatic carbocycles. The van der Waals surface area contributed by atoms with Crippen molar-refractivity contribution in [3.05, 3.63) is 59.4 Å². The first kappa shape index (κ1) is 16.5. The average Bonchev–Trinajstić information content (AvgIpc) is 2.97. The first-order valence-corrected chi connectivity index (χ1v) is 8.47. The van der Waals surface area contributed by atoms with Gasteiger partial charge in [-0.2, -0.15) is 0 Å².